The normalized spacial score (nSPS) is 14.7. The number of methoxy groups -OCH3 is 1. The number of anilines is 1. The van der Waals surface area contributed by atoms with Crippen molar-refractivity contribution < 1.29 is 14.3 Å². The molecule has 1 fully saturated rings. The molecule has 2 aromatic rings. The van der Waals surface area contributed by atoms with Gasteiger partial charge in [-0.1, -0.05) is 30.3 Å². The Kier molecular flexibility index (Phi) is 8.64. The molecule has 0 bridgehead atoms. The van der Waals surface area contributed by atoms with Crippen LogP contribution in [0.5, 0.6) is 5.75 Å². The summed E-state index contributed by atoms with van der Waals surface area (Å²) in [6.07, 6.45) is 0.791. The number of ether oxygens (including phenoxy) is 1. The lowest BCUT2D eigenvalue weighted by Crippen LogP contribution is -2.51. The fourth-order valence-electron chi connectivity index (χ4n) is 3.90. The van der Waals surface area contributed by atoms with Gasteiger partial charge in [0, 0.05) is 38.4 Å². The van der Waals surface area contributed by atoms with E-state index in [1.807, 2.05) is 56.3 Å². The molecule has 0 atom stereocenters. The van der Waals surface area contributed by atoms with E-state index in [2.05, 4.69) is 20.4 Å². The number of nitrogens with zero attached hydrogens (tertiary/aromatic N) is 2. The molecule has 7 heteroatoms. The molecular formula is C25H34N4O3. The number of piperazine rings is 1. The highest BCUT2D eigenvalue weighted by atomic mass is 16.5. The van der Waals surface area contributed by atoms with Gasteiger partial charge in [0.25, 0.3) is 0 Å². The van der Waals surface area contributed by atoms with Crippen molar-refractivity contribution in [3.8, 4) is 5.75 Å². The maximum Gasteiger partial charge on any atom is 0.238 e. The lowest BCUT2D eigenvalue weighted by atomic mass is 10.1. The molecule has 32 heavy (non-hydrogen) atoms. The highest BCUT2D eigenvalue weighted by Crippen LogP contribution is 2.19. The third kappa shape index (κ3) is 7.07. The number of carbonyl (C=O) groups is 2. The second-order valence-corrected chi connectivity index (χ2v) is 8.32. The van der Waals surface area contributed by atoms with Gasteiger partial charge in [-0.3, -0.25) is 19.4 Å². The molecule has 0 aromatic heterocycles. The van der Waals surface area contributed by atoms with Crippen molar-refractivity contribution in [3.63, 3.8) is 0 Å². The Morgan fingerprint density at radius 3 is 2.00 bits per heavy atom. The topological polar surface area (TPSA) is 73.9 Å². The lowest BCUT2D eigenvalue weighted by Gasteiger charge is -2.33. The molecule has 3 rings (SSSR count). The van der Waals surface area contributed by atoms with Gasteiger partial charge < -0.3 is 15.4 Å². The Morgan fingerprint density at radius 2 is 1.44 bits per heavy atom. The fourth-order valence-corrected chi connectivity index (χ4v) is 3.90. The predicted molar refractivity (Wildman–Crippen MR) is 127 cm³/mol. The van der Waals surface area contributed by atoms with Crippen LogP contribution in [0, 0.1) is 13.8 Å². The highest BCUT2D eigenvalue weighted by Gasteiger charge is 2.21. The van der Waals surface area contributed by atoms with Gasteiger partial charge in [0.05, 0.1) is 20.2 Å². The van der Waals surface area contributed by atoms with Crippen LogP contribution in [0.2, 0.25) is 0 Å². The van der Waals surface area contributed by atoms with E-state index in [1.54, 1.807) is 7.11 Å². The number of nitrogens with one attached hydrogen (secondary N) is 2. The number of aryl methyl sites for hydroxylation is 2. The first-order valence-corrected chi connectivity index (χ1v) is 11.1. The number of benzene rings is 2. The Hall–Kier alpha value is -2.90. The molecule has 0 saturated carbocycles. The van der Waals surface area contributed by atoms with Crippen LogP contribution in [0.15, 0.2) is 42.5 Å². The Bertz CT molecular complexity index is 886. The quantitative estimate of drug-likeness (QED) is 0.628. The highest BCUT2D eigenvalue weighted by molar-refractivity contribution is 5.93. The van der Waals surface area contributed by atoms with Crippen LogP contribution < -0.4 is 15.4 Å². The van der Waals surface area contributed by atoms with E-state index in [1.165, 1.54) is 5.56 Å². The van der Waals surface area contributed by atoms with Crippen molar-refractivity contribution in [1.29, 1.82) is 0 Å². The van der Waals surface area contributed by atoms with Gasteiger partial charge in [0.1, 0.15) is 5.75 Å². The molecule has 1 aliphatic rings. The number of amides is 2. The summed E-state index contributed by atoms with van der Waals surface area (Å²) < 4.78 is 5.16. The first-order chi connectivity index (χ1) is 15.4. The Morgan fingerprint density at radius 1 is 0.875 bits per heavy atom. The van der Waals surface area contributed by atoms with Crippen molar-refractivity contribution in [3.05, 3.63) is 59.2 Å². The molecule has 1 heterocycles. The van der Waals surface area contributed by atoms with Crippen LogP contribution in [0.3, 0.4) is 0 Å². The third-order valence-corrected chi connectivity index (χ3v) is 5.84. The summed E-state index contributed by atoms with van der Waals surface area (Å²) in [4.78, 5) is 29.0. The molecule has 0 radical (unpaired) electrons. The van der Waals surface area contributed by atoms with E-state index < -0.39 is 0 Å². The van der Waals surface area contributed by atoms with E-state index in [4.69, 9.17) is 4.74 Å². The first-order valence-electron chi connectivity index (χ1n) is 11.1. The minimum absolute atomic E-state index is 0.00660. The predicted octanol–water partition coefficient (Wildman–Crippen LogP) is 2.23. The molecule has 7 nitrogen and oxygen atoms in total. The molecule has 0 spiro atoms. The van der Waals surface area contributed by atoms with Crippen LogP contribution in [-0.2, 0) is 16.0 Å². The van der Waals surface area contributed by atoms with Gasteiger partial charge in [-0.15, -0.1) is 0 Å². The van der Waals surface area contributed by atoms with Crippen molar-refractivity contribution in [2.45, 2.75) is 20.3 Å². The SMILES string of the molecule is COc1ccc(CCNC(=O)CN2CCN(CC(=O)Nc3c(C)cccc3C)CC2)cc1. The number of para-hydroxylation sites is 1. The van der Waals surface area contributed by atoms with E-state index in [-0.39, 0.29) is 11.8 Å². The standard InChI is InChI=1S/C25H34N4O3/c1-19-5-4-6-20(2)25(19)27-24(31)18-29-15-13-28(14-16-29)17-23(30)26-12-11-21-7-9-22(32-3)10-8-21/h4-10H,11-18H2,1-3H3,(H,26,30)(H,27,31). The summed E-state index contributed by atoms with van der Waals surface area (Å²) in [6, 6.07) is 13.9. The molecule has 1 aliphatic heterocycles. The largest absolute Gasteiger partial charge is 0.497 e. The number of hydrogen-bond donors (Lipinski definition) is 2. The second-order valence-electron chi connectivity index (χ2n) is 8.32. The zero-order valence-electron chi connectivity index (χ0n) is 19.3. The maximum absolute atomic E-state index is 12.5. The summed E-state index contributed by atoms with van der Waals surface area (Å²) >= 11 is 0. The van der Waals surface area contributed by atoms with Gasteiger partial charge in [0.15, 0.2) is 0 Å². The van der Waals surface area contributed by atoms with Gasteiger partial charge in [-0.2, -0.15) is 0 Å². The van der Waals surface area contributed by atoms with Crippen LogP contribution in [0.25, 0.3) is 0 Å². The summed E-state index contributed by atoms with van der Waals surface area (Å²) in [5.41, 5.74) is 4.21. The van der Waals surface area contributed by atoms with E-state index in [0.717, 1.165) is 55.2 Å². The van der Waals surface area contributed by atoms with E-state index in [9.17, 15) is 9.59 Å². The smallest absolute Gasteiger partial charge is 0.238 e. The van der Waals surface area contributed by atoms with Crippen molar-refractivity contribution in [1.82, 2.24) is 15.1 Å². The minimum Gasteiger partial charge on any atom is -0.497 e. The molecule has 2 amide bonds. The molecule has 0 unspecified atom stereocenters. The van der Waals surface area contributed by atoms with Gasteiger partial charge in [-0.05, 0) is 49.1 Å². The monoisotopic (exact) mass is 438 g/mol. The average molecular weight is 439 g/mol. The van der Waals surface area contributed by atoms with Crippen molar-refractivity contribution >= 4 is 17.5 Å². The van der Waals surface area contributed by atoms with E-state index in [0.29, 0.717) is 19.6 Å². The Balaban J connectivity index is 1.33. The number of hydrogen-bond acceptors (Lipinski definition) is 5. The first kappa shape index (κ1) is 23.8. The van der Waals surface area contributed by atoms with E-state index >= 15 is 0 Å². The average Bonchev–Trinajstić information content (AvgIpc) is 2.78. The number of rotatable bonds is 9. The molecule has 2 N–H and O–H groups in total. The van der Waals surface area contributed by atoms with Crippen molar-refractivity contribution in [2.75, 3.05) is 58.2 Å². The molecule has 0 aliphatic carbocycles. The summed E-state index contributed by atoms with van der Waals surface area (Å²) in [5, 5.41) is 6.05. The van der Waals surface area contributed by atoms with Crippen LogP contribution in [0.4, 0.5) is 5.69 Å². The summed E-state index contributed by atoms with van der Waals surface area (Å²) in [6.45, 7) is 8.50. The zero-order valence-corrected chi connectivity index (χ0v) is 19.3. The molecule has 172 valence electrons. The van der Waals surface area contributed by atoms with Crippen LogP contribution >= 0.6 is 0 Å². The minimum atomic E-state index is 0.00660. The van der Waals surface area contributed by atoms with Crippen molar-refractivity contribution in [2.24, 2.45) is 0 Å². The second kappa shape index (κ2) is 11.6. The zero-order chi connectivity index (χ0) is 22.9. The van der Waals surface area contributed by atoms with Crippen LogP contribution in [0.1, 0.15) is 16.7 Å². The Labute approximate surface area is 190 Å². The maximum atomic E-state index is 12.5. The lowest BCUT2D eigenvalue weighted by molar-refractivity contribution is -0.123. The third-order valence-electron chi connectivity index (χ3n) is 5.84. The van der Waals surface area contributed by atoms with Crippen LogP contribution in [-0.4, -0.2) is 74.5 Å². The van der Waals surface area contributed by atoms with Gasteiger partial charge in [-0.25, -0.2) is 0 Å². The molecule has 2 aromatic carbocycles. The number of carbonyl (C=O) groups excluding carboxylic acids is 2. The summed E-state index contributed by atoms with van der Waals surface area (Å²) in [5.74, 6) is 0.881. The van der Waals surface area contributed by atoms with Gasteiger partial charge >= 0.3 is 0 Å². The molecule has 1 saturated heterocycles. The fraction of sp³-hybridized carbons (Fsp3) is 0.440. The van der Waals surface area contributed by atoms with Gasteiger partial charge in [0.2, 0.25) is 11.8 Å². The summed E-state index contributed by atoms with van der Waals surface area (Å²) in [7, 11) is 1.65. The molecular weight excluding hydrogens is 404 g/mol.